The molecule has 6 heteroatoms. The molecule has 19 heavy (non-hydrogen) atoms. The number of methoxy groups -OCH3 is 1. The maximum Gasteiger partial charge on any atom is 0.317 e. The Balaban J connectivity index is 0.00000133. The molecule has 0 bridgehead atoms. The molecular weight excluding hydrogens is 266 g/mol. The normalized spacial score (nSPS) is 18.1. The third-order valence-corrected chi connectivity index (χ3v) is 3.05. The van der Waals surface area contributed by atoms with Crippen LogP contribution >= 0.6 is 12.4 Å². The predicted octanol–water partition coefficient (Wildman–Crippen LogP) is 1.80. The summed E-state index contributed by atoms with van der Waals surface area (Å²) in [5.74, 6) is 0.787. The van der Waals surface area contributed by atoms with Crippen LogP contribution in [0.25, 0.3) is 10.9 Å². The molecule has 0 aliphatic carbocycles. The number of rotatable bonds is 3. The van der Waals surface area contributed by atoms with Gasteiger partial charge in [0.15, 0.2) is 0 Å². The average Bonchev–Trinajstić information content (AvgIpc) is 2.90. The molecule has 2 heterocycles. The second-order valence-electron chi connectivity index (χ2n) is 4.31. The van der Waals surface area contributed by atoms with Crippen LogP contribution in [0, 0.1) is 0 Å². The summed E-state index contributed by atoms with van der Waals surface area (Å²) in [7, 11) is 1.64. The molecule has 0 amide bonds. The van der Waals surface area contributed by atoms with Crippen molar-refractivity contribution in [2.24, 2.45) is 0 Å². The first-order valence-electron chi connectivity index (χ1n) is 6.03. The van der Waals surface area contributed by atoms with E-state index in [4.69, 9.17) is 9.47 Å². The van der Waals surface area contributed by atoms with Gasteiger partial charge in [-0.2, -0.15) is 4.98 Å². The van der Waals surface area contributed by atoms with E-state index in [1.807, 2.05) is 18.2 Å². The SMILES string of the molecule is COc1ccc2cnc(O[C@@H]3CCNC3)nc2c1.Cl. The molecule has 1 N–H and O–H groups in total. The summed E-state index contributed by atoms with van der Waals surface area (Å²) in [5, 5.41) is 4.23. The molecule has 1 aliphatic heterocycles. The highest BCUT2D eigenvalue weighted by molar-refractivity contribution is 5.85. The summed E-state index contributed by atoms with van der Waals surface area (Å²) >= 11 is 0. The zero-order valence-corrected chi connectivity index (χ0v) is 11.4. The fourth-order valence-electron chi connectivity index (χ4n) is 2.05. The number of nitrogens with zero attached hydrogens (tertiary/aromatic N) is 2. The number of hydrogen-bond donors (Lipinski definition) is 1. The number of nitrogens with one attached hydrogen (secondary N) is 1. The van der Waals surface area contributed by atoms with E-state index in [9.17, 15) is 0 Å². The lowest BCUT2D eigenvalue weighted by Crippen LogP contribution is -2.20. The van der Waals surface area contributed by atoms with E-state index in [0.717, 1.165) is 36.2 Å². The Bertz CT molecular complexity index is 559. The molecule has 0 unspecified atom stereocenters. The Labute approximate surface area is 117 Å². The first-order valence-corrected chi connectivity index (χ1v) is 6.03. The van der Waals surface area contributed by atoms with E-state index in [0.29, 0.717) is 6.01 Å². The zero-order valence-electron chi connectivity index (χ0n) is 10.6. The summed E-state index contributed by atoms with van der Waals surface area (Å²) in [5.41, 5.74) is 0.838. The summed E-state index contributed by atoms with van der Waals surface area (Å²) in [6.45, 7) is 1.85. The molecule has 0 spiro atoms. The molecule has 1 aromatic heterocycles. The van der Waals surface area contributed by atoms with Gasteiger partial charge < -0.3 is 14.8 Å². The molecule has 1 aliphatic rings. The highest BCUT2D eigenvalue weighted by Crippen LogP contribution is 2.20. The van der Waals surface area contributed by atoms with Crippen molar-refractivity contribution in [3.63, 3.8) is 0 Å². The van der Waals surface area contributed by atoms with Crippen molar-refractivity contribution < 1.29 is 9.47 Å². The highest BCUT2D eigenvalue weighted by atomic mass is 35.5. The van der Waals surface area contributed by atoms with Crippen molar-refractivity contribution in [1.29, 1.82) is 0 Å². The summed E-state index contributed by atoms with van der Waals surface area (Å²) in [6.07, 6.45) is 2.95. The largest absolute Gasteiger partial charge is 0.497 e. The Morgan fingerprint density at radius 2 is 2.26 bits per heavy atom. The van der Waals surface area contributed by atoms with Crippen molar-refractivity contribution >= 4 is 23.3 Å². The maximum atomic E-state index is 5.73. The fourth-order valence-corrected chi connectivity index (χ4v) is 2.05. The predicted molar refractivity (Wildman–Crippen MR) is 75.2 cm³/mol. The monoisotopic (exact) mass is 281 g/mol. The number of aromatic nitrogens is 2. The molecule has 1 aromatic carbocycles. The van der Waals surface area contributed by atoms with Crippen LogP contribution in [0.1, 0.15) is 6.42 Å². The fraction of sp³-hybridized carbons (Fsp3) is 0.385. The number of benzene rings is 1. The minimum atomic E-state index is 0. The second-order valence-corrected chi connectivity index (χ2v) is 4.31. The second kappa shape index (κ2) is 6.04. The Kier molecular flexibility index (Phi) is 4.39. The molecule has 2 aromatic rings. The Hall–Kier alpha value is -1.59. The Morgan fingerprint density at radius 1 is 1.37 bits per heavy atom. The van der Waals surface area contributed by atoms with Gasteiger partial charge in [0.2, 0.25) is 0 Å². The molecule has 0 radical (unpaired) electrons. The molecule has 102 valence electrons. The van der Waals surface area contributed by atoms with Crippen molar-refractivity contribution in [1.82, 2.24) is 15.3 Å². The van der Waals surface area contributed by atoms with Gasteiger partial charge in [-0.15, -0.1) is 12.4 Å². The number of halogens is 1. The van der Waals surface area contributed by atoms with E-state index in [-0.39, 0.29) is 18.5 Å². The third kappa shape index (κ3) is 3.05. The summed E-state index contributed by atoms with van der Waals surface area (Å²) < 4.78 is 10.9. The number of ether oxygens (including phenoxy) is 2. The standard InChI is InChI=1S/C13H15N3O2.ClH/c1-17-10-3-2-9-7-15-13(16-12(9)6-10)18-11-4-5-14-8-11;/h2-3,6-7,11,14H,4-5,8H2,1H3;1H/t11-;/m1./s1. The summed E-state index contributed by atoms with van der Waals surface area (Å²) in [4.78, 5) is 8.63. The molecule has 1 saturated heterocycles. The molecular formula is C13H16ClN3O2. The van der Waals surface area contributed by atoms with Crippen LogP contribution in [-0.2, 0) is 0 Å². The van der Waals surface area contributed by atoms with Crippen molar-refractivity contribution in [2.75, 3.05) is 20.2 Å². The van der Waals surface area contributed by atoms with Gasteiger partial charge in [0.05, 0.1) is 12.6 Å². The van der Waals surface area contributed by atoms with Crippen LogP contribution in [0.3, 0.4) is 0 Å². The average molecular weight is 282 g/mol. The first kappa shape index (κ1) is 13.8. The van der Waals surface area contributed by atoms with Gasteiger partial charge in [-0.05, 0) is 25.1 Å². The van der Waals surface area contributed by atoms with Crippen molar-refractivity contribution in [2.45, 2.75) is 12.5 Å². The molecule has 3 rings (SSSR count). The maximum absolute atomic E-state index is 5.73. The van der Waals surface area contributed by atoms with Gasteiger partial charge in [0, 0.05) is 24.2 Å². The molecule has 5 nitrogen and oxygen atoms in total. The minimum absolute atomic E-state index is 0. The van der Waals surface area contributed by atoms with Crippen molar-refractivity contribution in [3.8, 4) is 11.8 Å². The highest BCUT2D eigenvalue weighted by Gasteiger charge is 2.17. The van der Waals surface area contributed by atoms with E-state index in [1.165, 1.54) is 0 Å². The van der Waals surface area contributed by atoms with Crippen molar-refractivity contribution in [3.05, 3.63) is 24.4 Å². The van der Waals surface area contributed by atoms with Crippen LogP contribution in [0.15, 0.2) is 24.4 Å². The van der Waals surface area contributed by atoms with Gasteiger partial charge in [0.25, 0.3) is 0 Å². The van der Waals surface area contributed by atoms with Gasteiger partial charge in [-0.1, -0.05) is 0 Å². The number of fused-ring (bicyclic) bond motifs is 1. The minimum Gasteiger partial charge on any atom is -0.497 e. The molecule has 1 fully saturated rings. The smallest absolute Gasteiger partial charge is 0.317 e. The van der Waals surface area contributed by atoms with Crippen LogP contribution in [0.2, 0.25) is 0 Å². The van der Waals surface area contributed by atoms with E-state index >= 15 is 0 Å². The Morgan fingerprint density at radius 3 is 3.00 bits per heavy atom. The van der Waals surface area contributed by atoms with Crippen LogP contribution in [0.5, 0.6) is 11.8 Å². The van der Waals surface area contributed by atoms with E-state index in [1.54, 1.807) is 13.3 Å². The lowest BCUT2D eigenvalue weighted by molar-refractivity contribution is 0.205. The van der Waals surface area contributed by atoms with E-state index in [2.05, 4.69) is 15.3 Å². The molecule has 1 atom stereocenters. The van der Waals surface area contributed by atoms with Gasteiger partial charge in [-0.3, -0.25) is 0 Å². The summed E-state index contributed by atoms with van der Waals surface area (Å²) in [6, 6.07) is 6.16. The van der Waals surface area contributed by atoms with Gasteiger partial charge in [0.1, 0.15) is 11.9 Å². The first-order chi connectivity index (χ1) is 8.85. The van der Waals surface area contributed by atoms with E-state index < -0.39 is 0 Å². The van der Waals surface area contributed by atoms with Crippen LogP contribution < -0.4 is 14.8 Å². The zero-order chi connectivity index (χ0) is 12.4. The van der Waals surface area contributed by atoms with Crippen LogP contribution in [0.4, 0.5) is 0 Å². The topological polar surface area (TPSA) is 56.3 Å². The lowest BCUT2D eigenvalue weighted by Gasteiger charge is -2.10. The third-order valence-electron chi connectivity index (χ3n) is 3.05. The quantitative estimate of drug-likeness (QED) is 0.930. The van der Waals surface area contributed by atoms with Gasteiger partial charge in [-0.25, -0.2) is 4.98 Å². The molecule has 0 saturated carbocycles. The van der Waals surface area contributed by atoms with Gasteiger partial charge >= 0.3 is 6.01 Å². The number of hydrogen-bond acceptors (Lipinski definition) is 5. The van der Waals surface area contributed by atoms with Crippen LogP contribution in [-0.4, -0.2) is 36.3 Å². The lowest BCUT2D eigenvalue weighted by atomic mass is 10.2.